The van der Waals surface area contributed by atoms with Crippen LogP contribution >= 0.6 is 33.9 Å². The number of halogens is 1. The molecule has 0 aromatic carbocycles. The highest BCUT2D eigenvalue weighted by Gasteiger charge is 2.24. The third-order valence-corrected chi connectivity index (χ3v) is 5.62. The van der Waals surface area contributed by atoms with Crippen LogP contribution in [0, 0.1) is 3.57 Å². The van der Waals surface area contributed by atoms with Crippen LogP contribution in [0.3, 0.4) is 0 Å². The summed E-state index contributed by atoms with van der Waals surface area (Å²) in [5, 5.41) is 6.33. The van der Waals surface area contributed by atoms with E-state index in [1.807, 2.05) is 11.6 Å². The van der Waals surface area contributed by atoms with Crippen LogP contribution in [0.5, 0.6) is 0 Å². The van der Waals surface area contributed by atoms with Crippen LogP contribution in [0.25, 0.3) is 10.8 Å². The summed E-state index contributed by atoms with van der Waals surface area (Å²) in [6, 6.07) is 0. The van der Waals surface area contributed by atoms with Gasteiger partial charge in [-0.3, -0.25) is 0 Å². The van der Waals surface area contributed by atoms with Crippen molar-refractivity contribution in [3.8, 4) is 10.8 Å². The molecule has 1 aliphatic rings. The fourth-order valence-corrected chi connectivity index (χ4v) is 4.17. The van der Waals surface area contributed by atoms with Gasteiger partial charge in [0, 0.05) is 24.0 Å². The SMILES string of the molecule is CCCNc1nc(-c2nccs2)nc(C2CCCC2)c1I. The predicted molar refractivity (Wildman–Crippen MR) is 95.8 cm³/mol. The molecule has 0 atom stereocenters. The number of nitrogens with one attached hydrogen (secondary N) is 1. The molecule has 0 bridgehead atoms. The molecule has 4 nitrogen and oxygen atoms in total. The molecule has 21 heavy (non-hydrogen) atoms. The van der Waals surface area contributed by atoms with Gasteiger partial charge in [-0.25, -0.2) is 15.0 Å². The van der Waals surface area contributed by atoms with E-state index in [1.165, 1.54) is 34.9 Å². The summed E-state index contributed by atoms with van der Waals surface area (Å²) in [6.07, 6.45) is 8.03. The second-order valence-corrected chi connectivity index (χ2v) is 7.31. The van der Waals surface area contributed by atoms with Crippen LogP contribution in [0.2, 0.25) is 0 Å². The van der Waals surface area contributed by atoms with Crippen molar-refractivity contribution in [2.24, 2.45) is 0 Å². The van der Waals surface area contributed by atoms with Gasteiger partial charge in [0.15, 0.2) is 10.8 Å². The van der Waals surface area contributed by atoms with E-state index in [1.54, 1.807) is 11.3 Å². The second kappa shape index (κ2) is 7.00. The van der Waals surface area contributed by atoms with Crippen molar-refractivity contribution in [2.45, 2.75) is 44.9 Å². The Balaban J connectivity index is 2.02. The van der Waals surface area contributed by atoms with Crippen molar-refractivity contribution in [1.29, 1.82) is 0 Å². The first kappa shape index (κ1) is 15.1. The molecular weight excluding hydrogens is 395 g/mol. The minimum atomic E-state index is 0.584. The van der Waals surface area contributed by atoms with E-state index in [9.17, 15) is 0 Å². The minimum Gasteiger partial charge on any atom is -0.369 e. The molecule has 3 rings (SSSR count). The molecule has 2 aromatic heterocycles. The quantitative estimate of drug-likeness (QED) is 0.722. The van der Waals surface area contributed by atoms with Crippen LogP contribution < -0.4 is 5.32 Å². The molecule has 2 aromatic rings. The molecule has 1 N–H and O–H groups in total. The van der Waals surface area contributed by atoms with Crippen molar-refractivity contribution < 1.29 is 0 Å². The Labute approximate surface area is 143 Å². The summed E-state index contributed by atoms with van der Waals surface area (Å²) in [5.41, 5.74) is 1.21. The predicted octanol–water partition coefficient (Wildman–Crippen LogP) is 4.68. The summed E-state index contributed by atoms with van der Waals surface area (Å²) in [6.45, 7) is 3.11. The zero-order valence-electron chi connectivity index (χ0n) is 12.1. The first-order chi connectivity index (χ1) is 10.3. The molecule has 1 aliphatic carbocycles. The molecule has 0 radical (unpaired) electrons. The highest BCUT2D eigenvalue weighted by molar-refractivity contribution is 14.1. The lowest BCUT2D eigenvalue weighted by Crippen LogP contribution is -2.11. The smallest absolute Gasteiger partial charge is 0.191 e. The van der Waals surface area contributed by atoms with Gasteiger partial charge in [-0.15, -0.1) is 11.3 Å². The Kier molecular flexibility index (Phi) is 5.05. The van der Waals surface area contributed by atoms with Crippen LogP contribution in [0.1, 0.15) is 50.6 Å². The van der Waals surface area contributed by atoms with Gasteiger partial charge in [-0.1, -0.05) is 19.8 Å². The fraction of sp³-hybridized carbons (Fsp3) is 0.533. The van der Waals surface area contributed by atoms with Gasteiger partial charge in [-0.05, 0) is 41.9 Å². The third-order valence-electron chi connectivity index (χ3n) is 3.78. The largest absolute Gasteiger partial charge is 0.369 e. The molecule has 0 spiro atoms. The molecular formula is C15H19IN4S. The van der Waals surface area contributed by atoms with Crippen LogP contribution in [0.4, 0.5) is 5.82 Å². The Morgan fingerprint density at radius 2 is 2.14 bits per heavy atom. The van der Waals surface area contributed by atoms with Gasteiger partial charge in [-0.2, -0.15) is 0 Å². The lowest BCUT2D eigenvalue weighted by atomic mass is 10.0. The highest BCUT2D eigenvalue weighted by atomic mass is 127. The van der Waals surface area contributed by atoms with E-state index in [0.29, 0.717) is 5.92 Å². The zero-order chi connectivity index (χ0) is 14.7. The molecule has 0 amide bonds. The first-order valence-corrected chi connectivity index (χ1v) is 9.46. The highest BCUT2D eigenvalue weighted by Crippen LogP contribution is 2.38. The molecule has 0 saturated heterocycles. The normalized spacial score (nSPS) is 15.5. The summed E-state index contributed by atoms with van der Waals surface area (Å²) < 4.78 is 1.19. The maximum atomic E-state index is 4.85. The van der Waals surface area contributed by atoms with E-state index in [2.05, 4.69) is 39.8 Å². The summed E-state index contributed by atoms with van der Waals surface area (Å²) in [5.74, 6) is 2.33. The summed E-state index contributed by atoms with van der Waals surface area (Å²) >= 11 is 4.00. The van der Waals surface area contributed by atoms with Crippen molar-refractivity contribution in [1.82, 2.24) is 15.0 Å². The number of rotatable bonds is 5. The Morgan fingerprint density at radius 1 is 1.33 bits per heavy atom. The first-order valence-electron chi connectivity index (χ1n) is 7.50. The van der Waals surface area contributed by atoms with Crippen LogP contribution in [0.15, 0.2) is 11.6 Å². The van der Waals surface area contributed by atoms with Crippen molar-refractivity contribution >= 4 is 39.7 Å². The number of hydrogen-bond acceptors (Lipinski definition) is 5. The van der Waals surface area contributed by atoms with Crippen molar-refractivity contribution in [3.63, 3.8) is 0 Å². The molecule has 1 fully saturated rings. The fourth-order valence-electron chi connectivity index (χ4n) is 2.72. The number of thiazole rings is 1. The zero-order valence-corrected chi connectivity index (χ0v) is 15.1. The van der Waals surface area contributed by atoms with Crippen LogP contribution in [-0.4, -0.2) is 21.5 Å². The molecule has 0 unspecified atom stereocenters. The Bertz CT molecular complexity index is 594. The van der Waals surface area contributed by atoms with Gasteiger partial charge in [0.25, 0.3) is 0 Å². The Morgan fingerprint density at radius 3 is 2.81 bits per heavy atom. The molecule has 112 valence electrons. The number of aromatic nitrogens is 3. The lowest BCUT2D eigenvalue weighted by molar-refractivity contribution is 0.690. The average molecular weight is 414 g/mol. The maximum absolute atomic E-state index is 4.85. The van der Waals surface area contributed by atoms with Gasteiger partial charge in [0.05, 0.1) is 9.26 Å². The van der Waals surface area contributed by atoms with E-state index in [4.69, 9.17) is 9.97 Å². The number of hydrogen-bond donors (Lipinski definition) is 1. The summed E-state index contributed by atoms with van der Waals surface area (Å²) in [4.78, 5) is 13.9. The standard InChI is InChI=1S/C15H19IN4S/c1-2-7-17-13-11(16)12(10-5-3-4-6-10)19-14(20-13)15-18-8-9-21-15/h8-10H,2-7H2,1H3,(H,17,19,20). The molecule has 0 aliphatic heterocycles. The second-order valence-electron chi connectivity index (χ2n) is 5.34. The van der Waals surface area contributed by atoms with Crippen molar-refractivity contribution in [3.05, 3.63) is 20.8 Å². The van der Waals surface area contributed by atoms with Crippen LogP contribution in [-0.2, 0) is 0 Å². The minimum absolute atomic E-state index is 0.584. The maximum Gasteiger partial charge on any atom is 0.191 e. The lowest BCUT2D eigenvalue weighted by Gasteiger charge is -2.15. The number of nitrogens with zero attached hydrogens (tertiary/aromatic N) is 3. The Hall–Kier alpha value is -0.760. The van der Waals surface area contributed by atoms with Gasteiger partial charge in [0.1, 0.15) is 5.82 Å². The third kappa shape index (κ3) is 3.36. The molecule has 1 saturated carbocycles. The average Bonchev–Trinajstić information content (AvgIpc) is 3.19. The van der Waals surface area contributed by atoms with Gasteiger partial charge < -0.3 is 5.32 Å². The molecule has 6 heteroatoms. The molecule has 2 heterocycles. The summed E-state index contributed by atoms with van der Waals surface area (Å²) in [7, 11) is 0. The number of anilines is 1. The van der Waals surface area contributed by atoms with E-state index in [-0.39, 0.29) is 0 Å². The van der Waals surface area contributed by atoms with E-state index in [0.717, 1.165) is 29.6 Å². The van der Waals surface area contributed by atoms with Crippen molar-refractivity contribution in [2.75, 3.05) is 11.9 Å². The van der Waals surface area contributed by atoms with E-state index < -0.39 is 0 Å². The monoisotopic (exact) mass is 414 g/mol. The van der Waals surface area contributed by atoms with Gasteiger partial charge >= 0.3 is 0 Å². The topological polar surface area (TPSA) is 50.7 Å². The van der Waals surface area contributed by atoms with Gasteiger partial charge in [0.2, 0.25) is 0 Å². The van der Waals surface area contributed by atoms with E-state index >= 15 is 0 Å².